The normalized spacial score (nSPS) is 18.5. The molecule has 0 spiro atoms. The molecule has 130 valence electrons. The lowest BCUT2D eigenvalue weighted by atomic mass is 10.1. The number of hydrogen-bond donors (Lipinski definition) is 1. The van der Waals surface area contributed by atoms with Gasteiger partial charge in [-0.15, -0.1) is 0 Å². The van der Waals surface area contributed by atoms with Crippen molar-refractivity contribution in [1.29, 1.82) is 0 Å². The summed E-state index contributed by atoms with van der Waals surface area (Å²) in [6, 6.07) is 6.48. The van der Waals surface area contributed by atoms with Crippen LogP contribution >= 0.6 is 0 Å². The van der Waals surface area contributed by atoms with Crippen LogP contribution in [0.15, 0.2) is 24.3 Å². The molecule has 1 aliphatic heterocycles. The van der Waals surface area contributed by atoms with Crippen LogP contribution in [-0.4, -0.2) is 55.0 Å². The van der Waals surface area contributed by atoms with Gasteiger partial charge >= 0.3 is 5.97 Å². The molecule has 7 nitrogen and oxygen atoms in total. The van der Waals surface area contributed by atoms with Crippen LogP contribution < -0.4 is 10.1 Å². The molecule has 1 N–H and O–H groups in total. The van der Waals surface area contributed by atoms with Gasteiger partial charge in [0.15, 0.2) is 6.10 Å². The number of piperazine rings is 1. The van der Waals surface area contributed by atoms with E-state index in [1.807, 2.05) is 19.1 Å². The lowest BCUT2D eigenvalue weighted by molar-refractivity contribution is -0.153. The average Bonchev–Trinajstić information content (AvgIpc) is 2.57. The number of aryl methyl sites for hydroxylation is 1. The zero-order chi connectivity index (χ0) is 17.7. The van der Waals surface area contributed by atoms with Crippen molar-refractivity contribution in [2.45, 2.75) is 32.4 Å². The first-order chi connectivity index (χ1) is 11.4. The fourth-order valence-corrected chi connectivity index (χ4v) is 2.53. The first kappa shape index (κ1) is 17.8. The number of esters is 1. The number of carbonyl (C=O) groups excluding carboxylic acids is 3. The predicted molar refractivity (Wildman–Crippen MR) is 86.4 cm³/mol. The third-order valence-electron chi connectivity index (χ3n) is 3.88. The zero-order valence-corrected chi connectivity index (χ0v) is 14.1. The Morgan fingerprint density at radius 3 is 2.62 bits per heavy atom. The van der Waals surface area contributed by atoms with E-state index < -0.39 is 18.1 Å². The second kappa shape index (κ2) is 7.81. The number of nitrogens with one attached hydrogen (secondary N) is 1. The van der Waals surface area contributed by atoms with Crippen LogP contribution in [0, 0.1) is 6.92 Å². The van der Waals surface area contributed by atoms with Crippen molar-refractivity contribution < 1.29 is 23.9 Å². The molecule has 1 aliphatic rings. The van der Waals surface area contributed by atoms with E-state index in [9.17, 15) is 14.4 Å². The van der Waals surface area contributed by atoms with E-state index in [4.69, 9.17) is 4.74 Å². The number of amides is 2. The third-order valence-corrected chi connectivity index (χ3v) is 3.88. The van der Waals surface area contributed by atoms with Crippen molar-refractivity contribution in [2.75, 3.05) is 20.2 Å². The molecule has 0 aromatic heterocycles. The van der Waals surface area contributed by atoms with Gasteiger partial charge in [0.25, 0.3) is 5.91 Å². The van der Waals surface area contributed by atoms with Crippen LogP contribution in [0.1, 0.15) is 18.9 Å². The minimum absolute atomic E-state index is 0.175. The van der Waals surface area contributed by atoms with Crippen LogP contribution in [0.4, 0.5) is 0 Å². The number of carbonyl (C=O) groups is 3. The fraction of sp³-hybridized carbons (Fsp3) is 0.471. The highest BCUT2D eigenvalue weighted by Crippen LogP contribution is 2.17. The summed E-state index contributed by atoms with van der Waals surface area (Å²) in [6.07, 6.45) is -0.940. The van der Waals surface area contributed by atoms with Crippen molar-refractivity contribution in [2.24, 2.45) is 0 Å². The van der Waals surface area contributed by atoms with E-state index in [2.05, 4.69) is 10.1 Å². The molecule has 1 saturated heterocycles. The second-order valence-corrected chi connectivity index (χ2v) is 5.69. The molecular formula is C17H22N2O5. The molecule has 1 aromatic carbocycles. The molecule has 1 fully saturated rings. The molecule has 1 aromatic rings. The highest BCUT2D eigenvalue weighted by Gasteiger charge is 2.37. The molecule has 7 heteroatoms. The summed E-state index contributed by atoms with van der Waals surface area (Å²) >= 11 is 0. The largest absolute Gasteiger partial charge is 0.481 e. The first-order valence-corrected chi connectivity index (χ1v) is 7.80. The van der Waals surface area contributed by atoms with E-state index >= 15 is 0 Å². The van der Waals surface area contributed by atoms with Crippen LogP contribution in [0.25, 0.3) is 0 Å². The Balaban J connectivity index is 2.07. The summed E-state index contributed by atoms with van der Waals surface area (Å²) in [6.45, 7) is 4.26. The van der Waals surface area contributed by atoms with Crippen molar-refractivity contribution in [3.05, 3.63) is 29.8 Å². The topological polar surface area (TPSA) is 84.9 Å². The van der Waals surface area contributed by atoms with E-state index in [-0.39, 0.29) is 18.2 Å². The number of hydrogen-bond acceptors (Lipinski definition) is 5. The molecule has 0 saturated carbocycles. The van der Waals surface area contributed by atoms with Gasteiger partial charge in [-0.1, -0.05) is 17.7 Å². The van der Waals surface area contributed by atoms with Gasteiger partial charge in [0, 0.05) is 13.1 Å². The molecule has 1 heterocycles. The van der Waals surface area contributed by atoms with Gasteiger partial charge in [0.2, 0.25) is 5.91 Å². The fourth-order valence-electron chi connectivity index (χ4n) is 2.53. The Morgan fingerprint density at radius 1 is 1.33 bits per heavy atom. The monoisotopic (exact) mass is 334 g/mol. The van der Waals surface area contributed by atoms with Gasteiger partial charge in [-0.25, -0.2) is 0 Å². The number of ether oxygens (including phenoxy) is 2. The minimum Gasteiger partial charge on any atom is -0.481 e. The summed E-state index contributed by atoms with van der Waals surface area (Å²) in [7, 11) is 1.25. The van der Waals surface area contributed by atoms with Crippen molar-refractivity contribution in [3.63, 3.8) is 0 Å². The van der Waals surface area contributed by atoms with E-state index in [1.165, 1.54) is 12.0 Å². The summed E-state index contributed by atoms with van der Waals surface area (Å²) in [5.41, 5.74) is 1.09. The van der Waals surface area contributed by atoms with Gasteiger partial charge in [0.1, 0.15) is 11.8 Å². The van der Waals surface area contributed by atoms with Gasteiger partial charge in [-0.3, -0.25) is 14.4 Å². The second-order valence-electron chi connectivity index (χ2n) is 5.69. The van der Waals surface area contributed by atoms with Crippen LogP contribution in [0.2, 0.25) is 0 Å². The Labute approximate surface area is 140 Å². The maximum Gasteiger partial charge on any atom is 0.308 e. The van der Waals surface area contributed by atoms with Gasteiger partial charge in [-0.2, -0.15) is 0 Å². The number of methoxy groups -OCH3 is 1. The molecule has 24 heavy (non-hydrogen) atoms. The molecule has 2 rings (SSSR count). The Kier molecular flexibility index (Phi) is 5.78. The van der Waals surface area contributed by atoms with E-state index in [1.54, 1.807) is 19.1 Å². The van der Waals surface area contributed by atoms with E-state index in [0.29, 0.717) is 18.8 Å². The van der Waals surface area contributed by atoms with Crippen molar-refractivity contribution >= 4 is 17.8 Å². The maximum atomic E-state index is 12.7. The molecule has 2 atom stereocenters. The highest BCUT2D eigenvalue weighted by molar-refractivity contribution is 5.93. The summed E-state index contributed by atoms with van der Waals surface area (Å²) in [5.74, 6) is -0.656. The zero-order valence-electron chi connectivity index (χ0n) is 14.1. The number of rotatable bonds is 5. The molecule has 0 bridgehead atoms. The Bertz CT molecular complexity index is 614. The van der Waals surface area contributed by atoms with Gasteiger partial charge in [-0.05, 0) is 26.0 Å². The third kappa shape index (κ3) is 4.24. The Morgan fingerprint density at radius 2 is 2.00 bits per heavy atom. The molecule has 0 unspecified atom stereocenters. The van der Waals surface area contributed by atoms with Gasteiger partial charge < -0.3 is 19.7 Å². The SMILES string of the molecule is COC(=O)C[C@H]1C(=O)NCCN1C(=O)[C@@H](C)Oc1ccc(C)cc1. The standard InChI is InChI=1S/C17H22N2O5/c1-11-4-6-13(7-5-11)24-12(2)17(22)19-9-8-18-16(21)14(19)10-15(20)23-3/h4-7,12,14H,8-10H2,1-3H3,(H,18,21)/t12-,14+/m1/s1. The van der Waals surface area contributed by atoms with E-state index in [0.717, 1.165) is 5.56 Å². The average molecular weight is 334 g/mol. The molecular weight excluding hydrogens is 312 g/mol. The maximum absolute atomic E-state index is 12.7. The lowest BCUT2D eigenvalue weighted by Crippen LogP contribution is -2.60. The highest BCUT2D eigenvalue weighted by atomic mass is 16.5. The van der Waals surface area contributed by atoms with Crippen LogP contribution in [0.5, 0.6) is 5.75 Å². The smallest absolute Gasteiger partial charge is 0.308 e. The summed E-state index contributed by atoms with van der Waals surface area (Å²) in [4.78, 5) is 37.6. The summed E-state index contributed by atoms with van der Waals surface area (Å²) in [5, 5.41) is 2.66. The minimum atomic E-state index is -0.872. The number of benzene rings is 1. The van der Waals surface area contributed by atoms with Crippen molar-refractivity contribution in [3.8, 4) is 5.75 Å². The first-order valence-electron chi connectivity index (χ1n) is 7.80. The molecule has 0 radical (unpaired) electrons. The molecule has 0 aliphatic carbocycles. The van der Waals surface area contributed by atoms with Crippen molar-refractivity contribution in [1.82, 2.24) is 10.2 Å². The number of nitrogens with zero attached hydrogens (tertiary/aromatic N) is 1. The van der Waals surface area contributed by atoms with Crippen LogP contribution in [0.3, 0.4) is 0 Å². The summed E-state index contributed by atoms with van der Waals surface area (Å²) < 4.78 is 10.3. The lowest BCUT2D eigenvalue weighted by Gasteiger charge is -2.35. The quantitative estimate of drug-likeness (QED) is 0.799. The van der Waals surface area contributed by atoms with Crippen LogP contribution in [-0.2, 0) is 19.1 Å². The Hall–Kier alpha value is -2.57. The van der Waals surface area contributed by atoms with Gasteiger partial charge in [0.05, 0.1) is 13.5 Å². The molecule has 2 amide bonds. The predicted octanol–water partition coefficient (Wildman–Crippen LogP) is 0.652.